The predicted molar refractivity (Wildman–Crippen MR) is 80.6 cm³/mol. The molecule has 3 nitrogen and oxygen atoms in total. The maximum atomic E-state index is 11.9. The first-order valence-corrected chi connectivity index (χ1v) is 8.22. The van der Waals surface area contributed by atoms with E-state index in [-0.39, 0.29) is 5.91 Å². The largest absolute Gasteiger partial charge is 0.302 e. The number of hydrogen-bond acceptors (Lipinski definition) is 3. The van der Waals surface area contributed by atoms with Crippen LogP contribution in [0.2, 0.25) is 0 Å². The second-order valence-corrected chi connectivity index (χ2v) is 6.88. The summed E-state index contributed by atoms with van der Waals surface area (Å²) in [5.74, 6) is 1.36. The first-order valence-electron chi connectivity index (χ1n) is 7.40. The van der Waals surface area contributed by atoms with Gasteiger partial charge in [0.15, 0.2) is 5.13 Å². The number of thiazole rings is 1. The average molecular weight is 280 g/mol. The number of rotatable bonds is 5. The standard InChI is InChI=1S/C15H24N2OS/c1-11(2)13-10-16-15(19-13)17-14(18)9-8-12-6-4-3-5-7-12/h10-12H,3-9H2,1-2H3,(H,16,17,18). The van der Waals surface area contributed by atoms with Gasteiger partial charge in [-0.2, -0.15) is 0 Å². The van der Waals surface area contributed by atoms with Crippen LogP contribution in [-0.2, 0) is 4.79 Å². The Morgan fingerprint density at radius 1 is 1.42 bits per heavy atom. The second-order valence-electron chi connectivity index (χ2n) is 5.81. The molecule has 0 saturated heterocycles. The summed E-state index contributed by atoms with van der Waals surface area (Å²) in [6.07, 6.45) is 10.2. The number of anilines is 1. The molecule has 2 rings (SSSR count). The molecule has 1 heterocycles. The highest BCUT2D eigenvalue weighted by molar-refractivity contribution is 7.15. The van der Waals surface area contributed by atoms with E-state index in [1.54, 1.807) is 11.3 Å². The monoisotopic (exact) mass is 280 g/mol. The summed E-state index contributed by atoms with van der Waals surface area (Å²) in [6, 6.07) is 0. The molecular weight excluding hydrogens is 256 g/mol. The highest BCUT2D eigenvalue weighted by atomic mass is 32.1. The van der Waals surface area contributed by atoms with Crippen molar-refractivity contribution in [3.05, 3.63) is 11.1 Å². The Hall–Kier alpha value is -0.900. The van der Waals surface area contributed by atoms with Gasteiger partial charge >= 0.3 is 0 Å². The Bertz CT molecular complexity index is 408. The third kappa shape index (κ3) is 4.60. The van der Waals surface area contributed by atoms with Crippen LogP contribution in [0.25, 0.3) is 0 Å². The van der Waals surface area contributed by atoms with E-state index in [1.165, 1.54) is 37.0 Å². The van der Waals surface area contributed by atoms with E-state index in [1.807, 2.05) is 6.20 Å². The Kier molecular flexibility index (Phi) is 5.37. The number of hydrogen-bond donors (Lipinski definition) is 1. The zero-order chi connectivity index (χ0) is 13.7. The van der Waals surface area contributed by atoms with Crippen molar-refractivity contribution < 1.29 is 4.79 Å². The highest BCUT2D eigenvalue weighted by Gasteiger charge is 2.15. The molecule has 0 aromatic carbocycles. The summed E-state index contributed by atoms with van der Waals surface area (Å²) in [5, 5.41) is 3.67. The lowest BCUT2D eigenvalue weighted by atomic mass is 9.86. The Labute approximate surface area is 119 Å². The molecule has 0 bridgehead atoms. The van der Waals surface area contributed by atoms with Crippen molar-refractivity contribution in [2.24, 2.45) is 5.92 Å². The topological polar surface area (TPSA) is 42.0 Å². The molecule has 1 aliphatic rings. The molecule has 0 radical (unpaired) electrons. The molecule has 1 aliphatic carbocycles. The fourth-order valence-electron chi connectivity index (χ4n) is 2.60. The third-order valence-corrected chi connectivity index (χ3v) is 5.06. The van der Waals surface area contributed by atoms with Crippen molar-refractivity contribution in [2.45, 2.75) is 64.7 Å². The summed E-state index contributed by atoms with van der Waals surface area (Å²) in [4.78, 5) is 17.4. The van der Waals surface area contributed by atoms with Crippen molar-refractivity contribution in [1.29, 1.82) is 0 Å². The lowest BCUT2D eigenvalue weighted by Crippen LogP contribution is -2.14. The van der Waals surface area contributed by atoms with Crippen LogP contribution in [0.3, 0.4) is 0 Å². The minimum absolute atomic E-state index is 0.121. The lowest BCUT2D eigenvalue weighted by molar-refractivity contribution is -0.116. The van der Waals surface area contributed by atoms with Gasteiger partial charge in [0.25, 0.3) is 0 Å². The second kappa shape index (κ2) is 7.04. The van der Waals surface area contributed by atoms with E-state index in [4.69, 9.17) is 0 Å². The van der Waals surface area contributed by atoms with Crippen LogP contribution >= 0.6 is 11.3 Å². The van der Waals surface area contributed by atoms with Gasteiger partial charge in [-0.3, -0.25) is 4.79 Å². The molecule has 106 valence electrons. The fourth-order valence-corrected chi connectivity index (χ4v) is 3.44. The van der Waals surface area contributed by atoms with Gasteiger partial charge in [-0.25, -0.2) is 4.98 Å². The third-order valence-electron chi connectivity index (χ3n) is 3.84. The molecule has 0 aliphatic heterocycles. The van der Waals surface area contributed by atoms with Crippen molar-refractivity contribution in [1.82, 2.24) is 4.98 Å². The van der Waals surface area contributed by atoms with Crippen molar-refractivity contribution in [2.75, 3.05) is 5.32 Å². The van der Waals surface area contributed by atoms with Gasteiger partial charge in [-0.05, 0) is 18.3 Å². The van der Waals surface area contributed by atoms with Gasteiger partial charge in [0, 0.05) is 17.5 Å². The summed E-state index contributed by atoms with van der Waals surface area (Å²) in [6.45, 7) is 4.28. The van der Waals surface area contributed by atoms with Gasteiger partial charge in [0.1, 0.15) is 0 Å². The predicted octanol–water partition coefficient (Wildman–Crippen LogP) is 4.57. The molecule has 0 spiro atoms. The molecular formula is C15H24N2OS. The van der Waals surface area contributed by atoms with Crippen LogP contribution in [0, 0.1) is 5.92 Å². The Morgan fingerprint density at radius 3 is 2.79 bits per heavy atom. The quantitative estimate of drug-likeness (QED) is 0.858. The van der Waals surface area contributed by atoms with E-state index in [0.29, 0.717) is 12.3 Å². The summed E-state index contributed by atoms with van der Waals surface area (Å²) < 4.78 is 0. The zero-order valence-corrected chi connectivity index (χ0v) is 12.8. The fraction of sp³-hybridized carbons (Fsp3) is 0.733. The minimum Gasteiger partial charge on any atom is -0.302 e. The van der Waals surface area contributed by atoms with E-state index in [0.717, 1.165) is 17.5 Å². The smallest absolute Gasteiger partial charge is 0.226 e. The van der Waals surface area contributed by atoms with E-state index < -0.39 is 0 Å². The van der Waals surface area contributed by atoms with Gasteiger partial charge < -0.3 is 5.32 Å². The molecule has 1 N–H and O–H groups in total. The average Bonchev–Trinajstić information content (AvgIpc) is 2.86. The minimum atomic E-state index is 0.121. The van der Waals surface area contributed by atoms with Gasteiger partial charge in [-0.1, -0.05) is 46.0 Å². The van der Waals surface area contributed by atoms with Crippen molar-refractivity contribution >= 4 is 22.4 Å². The number of nitrogens with one attached hydrogen (secondary N) is 1. The molecule has 0 atom stereocenters. The molecule has 1 aromatic heterocycles. The molecule has 1 aromatic rings. The van der Waals surface area contributed by atoms with E-state index in [9.17, 15) is 4.79 Å². The number of amides is 1. The summed E-state index contributed by atoms with van der Waals surface area (Å²) in [7, 11) is 0. The van der Waals surface area contributed by atoms with Crippen LogP contribution in [0.4, 0.5) is 5.13 Å². The lowest BCUT2D eigenvalue weighted by Gasteiger charge is -2.20. The van der Waals surface area contributed by atoms with E-state index in [2.05, 4.69) is 24.1 Å². The molecule has 0 unspecified atom stereocenters. The van der Waals surface area contributed by atoms with Gasteiger partial charge in [0.2, 0.25) is 5.91 Å². The molecule has 19 heavy (non-hydrogen) atoms. The number of carbonyl (C=O) groups is 1. The SMILES string of the molecule is CC(C)c1cnc(NC(=O)CCC2CCCCC2)s1. The van der Waals surface area contributed by atoms with Crippen LogP contribution in [-0.4, -0.2) is 10.9 Å². The zero-order valence-electron chi connectivity index (χ0n) is 11.9. The maximum absolute atomic E-state index is 11.9. The van der Waals surface area contributed by atoms with Crippen LogP contribution in [0.15, 0.2) is 6.20 Å². The van der Waals surface area contributed by atoms with Crippen LogP contribution < -0.4 is 5.32 Å². The van der Waals surface area contributed by atoms with Gasteiger partial charge in [0.05, 0.1) is 0 Å². The molecule has 1 fully saturated rings. The van der Waals surface area contributed by atoms with Crippen LogP contribution in [0.5, 0.6) is 0 Å². The number of nitrogens with zero attached hydrogens (tertiary/aromatic N) is 1. The first-order chi connectivity index (χ1) is 9.15. The Balaban J connectivity index is 1.73. The summed E-state index contributed by atoms with van der Waals surface area (Å²) in [5.41, 5.74) is 0. The maximum Gasteiger partial charge on any atom is 0.226 e. The Morgan fingerprint density at radius 2 is 2.16 bits per heavy atom. The molecule has 1 amide bonds. The van der Waals surface area contributed by atoms with Crippen molar-refractivity contribution in [3.63, 3.8) is 0 Å². The number of aromatic nitrogens is 1. The highest BCUT2D eigenvalue weighted by Crippen LogP contribution is 2.28. The first kappa shape index (κ1) is 14.5. The summed E-state index contributed by atoms with van der Waals surface area (Å²) >= 11 is 1.59. The molecule has 1 saturated carbocycles. The van der Waals surface area contributed by atoms with Crippen LogP contribution in [0.1, 0.15) is 69.6 Å². The van der Waals surface area contributed by atoms with E-state index >= 15 is 0 Å². The van der Waals surface area contributed by atoms with Crippen molar-refractivity contribution in [3.8, 4) is 0 Å². The van der Waals surface area contributed by atoms with Gasteiger partial charge in [-0.15, -0.1) is 11.3 Å². The number of carbonyl (C=O) groups excluding carboxylic acids is 1. The normalized spacial score (nSPS) is 16.8. The molecule has 4 heteroatoms.